The minimum Gasteiger partial charge on any atom is -0.300 e. The van der Waals surface area contributed by atoms with Crippen LogP contribution in [-0.2, 0) is 4.79 Å². The van der Waals surface area contributed by atoms with Crippen LogP contribution < -0.4 is 5.32 Å². The van der Waals surface area contributed by atoms with E-state index in [0.29, 0.717) is 5.92 Å². The second-order valence-electron chi connectivity index (χ2n) is 3.91. The van der Waals surface area contributed by atoms with E-state index in [4.69, 9.17) is 0 Å². The van der Waals surface area contributed by atoms with Crippen molar-refractivity contribution in [3.05, 3.63) is 5.01 Å². The molecule has 0 saturated heterocycles. The number of aromatic nitrogens is 2. The summed E-state index contributed by atoms with van der Waals surface area (Å²) in [6, 6.07) is 0. The number of alkyl halides is 3. The highest BCUT2D eigenvalue weighted by atomic mass is 32.2. The summed E-state index contributed by atoms with van der Waals surface area (Å²) >= 11 is 0.876. The molecule has 0 spiro atoms. The van der Waals surface area contributed by atoms with Crippen molar-refractivity contribution in [2.75, 3.05) is 5.32 Å². The zero-order chi connectivity index (χ0) is 13.3. The van der Waals surface area contributed by atoms with Crippen LogP contribution in [-0.4, -0.2) is 26.9 Å². The first-order chi connectivity index (χ1) is 8.35. The third kappa shape index (κ3) is 3.84. The van der Waals surface area contributed by atoms with Gasteiger partial charge in [0.05, 0.1) is 5.25 Å². The van der Waals surface area contributed by atoms with Crippen molar-refractivity contribution >= 4 is 34.1 Å². The zero-order valence-electron chi connectivity index (χ0n) is 9.32. The number of carbonyl (C=O) groups excluding carboxylic acids is 1. The molecule has 4 nitrogen and oxygen atoms in total. The average Bonchev–Trinajstić information content (AvgIpc) is 2.98. The summed E-state index contributed by atoms with van der Waals surface area (Å²) in [5.74, 6) is -0.300. The Hall–Kier alpha value is -0.830. The van der Waals surface area contributed by atoms with Gasteiger partial charge < -0.3 is 0 Å². The quantitative estimate of drug-likeness (QED) is 0.928. The molecule has 0 aliphatic heterocycles. The van der Waals surface area contributed by atoms with Crippen LogP contribution >= 0.6 is 23.1 Å². The van der Waals surface area contributed by atoms with Gasteiger partial charge in [-0.25, -0.2) is 0 Å². The summed E-state index contributed by atoms with van der Waals surface area (Å²) in [6.07, 6.45) is 2.12. The summed E-state index contributed by atoms with van der Waals surface area (Å²) in [5.41, 5.74) is -4.42. The molecule has 1 fully saturated rings. The van der Waals surface area contributed by atoms with Crippen LogP contribution in [0.4, 0.5) is 18.3 Å². The topological polar surface area (TPSA) is 54.9 Å². The van der Waals surface area contributed by atoms with Crippen molar-refractivity contribution in [2.24, 2.45) is 0 Å². The van der Waals surface area contributed by atoms with Gasteiger partial charge in [-0.3, -0.25) is 10.1 Å². The van der Waals surface area contributed by atoms with Gasteiger partial charge in [0, 0.05) is 5.92 Å². The Kier molecular flexibility index (Phi) is 3.81. The monoisotopic (exact) mass is 297 g/mol. The van der Waals surface area contributed by atoms with E-state index in [1.165, 1.54) is 18.3 Å². The molecule has 1 atom stereocenters. The number of thioether (sulfide) groups is 1. The van der Waals surface area contributed by atoms with Gasteiger partial charge in [0.1, 0.15) is 5.01 Å². The van der Waals surface area contributed by atoms with Gasteiger partial charge in [0.2, 0.25) is 11.0 Å². The molecular weight excluding hydrogens is 287 g/mol. The molecule has 1 aliphatic carbocycles. The summed E-state index contributed by atoms with van der Waals surface area (Å²) in [6.45, 7) is 1.20. The van der Waals surface area contributed by atoms with Crippen LogP contribution in [0.2, 0.25) is 0 Å². The van der Waals surface area contributed by atoms with Crippen molar-refractivity contribution in [3.8, 4) is 0 Å². The Morgan fingerprint density at radius 1 is 1.50 bits per heavy atom. The standard InChI is InChI=1S/C9H10F3N3OS2/c1-4(18-9(10,11)12)6(16)13-8-15-14-7(17-8)5-2-3-5/h4-5H,2-3H2,1H3,(H,13,15,16)/t4-/m0/s1. The molecule has 0 bridgehead atoms. The third-order valence-corrected chi connectivity index (χ3v) is 4.11. The lowest BCUT2D eigenvalue weighted by atomic mass is 10.4. The maximum absolute atomic E-state index is 12.1. The lowest BCUT2D eigenvalue weighted by Gasteiger charge is -2.11. The van der Waals surface area contributed by atoms with E-state index < -0.39 is 16.7 Å². The van der Waals surface area contributed by atoms with Crippen LogP contribution in [0.1, 0.15) is 30.7 Å². The Morgan fingerprint density at radius 3 is 2.72 bits per heavy atom. The molecule has 18 heavy (non-hydrogen) atoms. The summed E-state index contributed by atoms with van der Waals surface area (Å²) in [4.78, 5) is 11.5. The van der Waals surface area contributed by atoms with Gasteiger partial charge >= 0.3 is 5.51 Å². The zero-order valence-corrected chi connectivity index (χ0v) is 11.0. The smallest absolute Gasteiger partial charge is 0.300 e. The fourth-order valence-corrected chi connectivity index (χ4v) is 2.72. The molecule has 0 radical (unpaired) electrons. The molecule has 100 valence electrons. The Bertz CT molecular complexity index is 445. The number of nitrogens with one attached hydrogen (secondary N) is 1. The molecule has 0 aromatic carbocycles. The van der Waals surface area contributed by atoms with Gasteiger partial charge in [0.15, 0.2) is 0 Å². The molecule has 1 saturated carbocycles. The van der Waals surface area contributed by atoms with Crippen molar-refractivity contribution in [1.29, 1.82) is 0 Å². The first-order valence-corrected chi connectivity index (χ1v) is 6.93. The fraction of sp³-hybridized carbons (Fsp3) is 0.667. The van der Waals surface area contributed by atoms with Gasteiger partial charge in [-0.05, 0) is 31.5 Å². The minimum absolute atomic E-state index is 0.261. The molecule has 1 aliphatic rings. The van der Waals surface area contributed by atoms with E-state index in [9.17, 15) is 18.0 Å². The van der Waals surface area contributed by atoms with E-state index >= 15 is 0 Å². The lowest BCUT2D eigenvalue weighted by molar-refractivity contribution is -0.115. The molecule has 1 amide bonds. The predicted octanol–water partition coefficient (Wildman–Crippen LogP) is 3.00. The molecule has 1 aromatic heterocycles. The van der Waals surface area contributed by atoms with Crippen LogP contribution in [0, 0.1) is 0 Å². The molecule has 0 unspecified atom stereocenters. The van der Waals surface area contributed by atoms with Crippen molar-refractivity contribution in [1.82, 2.24) is 10.2 Å². The second-order valence-corrected chi connectivity index (χ2v) is 6.33. The first kappa shape index (κ1) is 13.6. The van der Waals surface area contributed by atoms with Gasteiger partial charge in [-0.2, -0.15) is 13.2 Å². The number of hydrogen-bond acceptors (Lipinski definition) is 5. The van der Waals surface area contributed by atoms with E-state index in [0.717, 1.165) is 17.8 Å². The molecular formula is C9H10F3N3OS2. The molecule has 2 rings (SSSR count). The Morgan fingerprint density at radius 2 is 2.17 bits per heavy atom. The summed E-state index contributed by atoms with van der Waals surface area (Å²) in [5, 5.41) is 9.87. The number of hydrogen-bond donors (Lipinski definition) is 1. The van der Waals surface area contributed by atoms with Crippen molar-refractivity contribution in [3.63, 3.8) is 0 Å². The summed E-state index contributed by atoms with van der Waals surface area (Å²) < 4.78 is 36.2. The lowest BCUT2D eigenvalue weighted by Crippen LogP contribution is -2.25. The maximum Gasteiger partial charge on any atom is 0.442 e. The Labute approximate surface area is 109 Å². The van der Waals surface area contributed by atoms with Crippen LogP contribution in [0.25, 0.3) is 0 Å². The van der Waals surface area contributed by atoms with Crippen LogP contribution in [0.5, 0.6) is 0 Å². The highest BCUT2D eigenvalue weighted by Crippen LogP contribution is 2.42. The van der Waals surface area contributed by atoms with E-state index in [2.05, 4.69) is 15.5 Å². The maximum atomic E-state index is 12.1. The molecule has 1 aromatic rings. The van der Waals surface area contributed by atoms with Crippen LogP contribution in [0.3, 0.4) is 0 Å². The Balaban J connectivity index is 1.89. The van der Waals surface area contributed by atoms with Crippen LogP contribution in [0.15, 0.2) is 0 Å². The van der Waals surface area contributed by atoms with E-state index in [-0.39, 0.29) is 16.9 Å². The molecule has 1 N–H and O–H groups in total. The fourth-order valence-electron chi connectivity index (χ4n) is 1.24. The first-order valence-electron chi connectivity index (χ1n) is 5.24. The number of anilines is 1. The van der Waals surface area contributed by atoms with Gasteiger partial charge in [-0.1, -0.05) is 11.3 Å². The number of nitrogens with zero attached hydrogens (tertiary/aromatic N) is 2. The normalized spacial score (nSPS) is 17.6. The molecule has 9 heteroatoms. The second kappa shape index (κ2) is 5.04. The minimum atomic E-state index is -4.42. The number of rotatable bonds is 4. The third-order valence-electron chi connectivity index (χ3n) is 2.28. The van der Waals surface area contributed by atoms with Gasteiger partial charge in [-0.15, -0.1) is 10.2 Å². The SMILES string of the molecule is C[C@H](SC(F)(F)F)C(=O)Nc1nnc(C2CC2)s1. The highest BCUT2D eigenvalue weighted by Gasteiger charge is 2.34. The summed E-state index contributed by atoms with van der Waals surface area (Å²) in [7, 11) is 0. The number of halogens is 3. The van der Waals surface area contributed by atoms with E-state index in [1.54, 1.807) is 0 Å². The molecule has 1 heterocycles. The largest absolute Gasteiger partial charge is 0.442 e. The van der Waals surface area contributed by atoms with Crippen molar-refractivity contribution < 1.29 is 18.0 Å². The van der Waals surface area contributed by atoms with Gasteiger partial charge in [0.25, 0.3) is 0 Å². The van der Waals surface area contributed by atoms with Crippen molar-refractivity contribution in [2.45, 2.75) is 36.4 Å². The predicted molar refractivity (Wildman–Crippen MR) is 63.6 cm³/mol. The average molecular weight is 297 g/mol. The number of carbonyl (C=O) groups is 1. The highest BCUT2D eigenvalue weighted by molar-refractivity contribution is 8.01. The van der Waals surface area contributed by atoms with E-state index in [1.807, 2.05) is 0 Å². The number of amides is 1.